The second-order valence-electron chi connectivity index (χ2n) is 4.84. The molecular formula is C12H18N2O5S. The van der Waals surface area contributed by atoms with Gasteiger partial charge in [-0.2, -0.15) is 0 Å². The second kappa shape index (κ2) is 5.94. The van der Waals surface area contributed by atoms with Crippen LogP contribution in [-0.4, -0.2) is 40.1 Å². The van der Waals surface area contributed by atoms with Crippen LogP contribution in [0.25, 0.3) is 0 Å². The molecule has 8 heteroatoms. The minimum absolute atomic E-state index is 0.0755. The predicted octanol–water partition coefficient (Wildman–Crippen LogP) is 0.485. The Labute approximate surface area is 117 Å². The van der Waals surface area contributed by atoms with Crippen molar-refractivity contribution in [3.63, 3.8) is 0 Å². The van der Waals surface area contributed by atoms with E-state index < -0.39 is 16.0 Å². The highest BCUT2D eigenvalue weighted by molar-refractivity contribution is 7.89. The molecule has 0 spiro atoms. The van der Waals surface area contributed by atoms with E-state index in [0.717, 1.165) is 12.8 Å². The lowest BCUT2D eigenvalue weighted by atomic mass is 10.0. The Morgan fingerprint density at radius 1 is 1.55 bits per heavy atom. The predicted molar refractivity (Wildman–Crippen MR) is 70.9 cm³/mol. The molecule has 1 aliphatic rings. The number of methoxy groups -OCH3 is 1. The molecule has 2 heterocycles. The number of ether oxygens (including phenoxy) is 1. The number of carbonyl (C=O) groups excluding carboxylic acids is 1. The summed E-state index contributed by atoms with van der Waals surface area (Å²) >= 11 is 0. The summed E-state index contributed by atoms with van der Waals surface area (Å²) in [6.45, 7) is 2.77. The van der Waals surface area contributed by atoms with Gasteiger partial charge < -0.3 is 14.5 Å². The lowest BCUT2D eigenvalue weighted by Crippen LogP contribution is -2.46. The van der Waals surface area contributed by atoms with Gasteiger partial charge >= 0.3 is 5.97 Å². The molecule has 2 atom stereocenters. The summed E-state index contributed by atoms with van der Waals surface area (Å²) in [6.07, 6.45) is 2.50. The lowest BCUT2D eigenvalue weighted by molar-refractivity contribution is 0.0600. The highest BCUT2D eigenvalue weighted by Crippen LogP contribution is 2.17. The molecule has 1 aromatic rings. The van der Waals surface area contributed by atoms with Gasteiger partial charge in [-0.05, 0) is 26.3 Å². The second-order valence-corrected chi connectivity index (χ2v) is 6.49. The first-order valence-corrected chi connectivity index (χ1v) is 7.83. The molecule has 0 radical (unpaired) electrons. The van der Waals surface area contributed by atoms with Crippen molar-refractivity contribution in [2.45, 2.75) is 36.9 Å². The van der Waals surface area contributed by atoms with Gasteiger partial charge in [0.2, 0.25) is 5.09 Å². The Kier molecular flexibility index (Phi) is 4.46. The summed E-state index contributed by atoms with van der Waals surface area (Å²) < 4.78 is 36.4. The number of rotatable bonds is 4. The van der Waals surface area contributed by atoms with Crippen molar-refractivity contribution < 1.29 is 22.4 Å². The van der Waals surface area contributed by atoms with Crippen LogP contribution in [0.15, 0.2) is 21.8 Å². The number of hydrogen-bond donors (Lipinski definition) is 2. The smallest absolute Gasteiger partial charge is 0.341 e. The topological polar surface area (TPSA) is 97.6 Å². The summed E-state index contributed by atoms with van der Waals surface area (Å²) in [6, 6.07) is 1.29. The number of sulfonamides is 1. The van der Waals surface area contributed by atoms with Crippen molar-refractivity contribution in [2.75, 3.05) is 13.7 Å². The van der Waals surface area contributed by atoms with Gasteiger partial charge in [-0.3, -0.25) is 0 Å². The maximum atomic E-state index is 12.2. The molecule has 0 bridgehead atoms. The number of hydrogen-bond acceptors (Lipinski definition) is 6. The Bertz CT molecular complexity index is 580. The summed E-state index contributed by atoms with van der Waals surface area (Å²) in [7, 11) is -2.54. The molecule has 1 fully saturated rings. The van der Waals surface area contributed by atoms with Crippen LogP contribution < -0.4 is 10.0 Å². The molecule has 2 rings (SSSR count). The quantitative estimate of drug-likeness (QED) is 0.785. The molecule has 0 amide bonds. The summed E-state index contributed by atoms with van der Waals surface area (Å²) in [5.74, 6) is -0.634. The third kappa shape index (κ3) is 3.38. The monoisotopic (exact) mass is 302 g/mol. The van der Waals surface area contributed by atoms with Gasteiger partial charge in [0.15, 0.2) is 0 Å². The van der Waals surface area contributed by atoms with Crippen molar-refractivity contribution >= 4 is 16.0 Å². The minimum Gasteiger partial charge on any atom is -0.465 e. The van der Waals surface area contributed by atoms with E-state index >= 15 is 0 Å². The molecule has 20 heavy (non-hydrogen) atoms. The number of esters is 1. The van der Waals surface area contributed by atoms with Crippen LogP contribution in [0.3, 0.4) is 0 Å². The van der Waals surface area contributed by atoms with Gasteiger partial charge in [-0.15, -0.1) is 0 Å². The highest BCUT2D eigenvalue weighted by atomic mass is 32.2. The lowest BCUT2D eigenvalue weighted by Gasteiger charge is -2.28. The van der Waals surface area contributed by atoms with E-state index in [1.165, 1.54) is 13.2 Å². The van der Waals surface area contributed by atoms with Gasteiger partial charge in [0.25, 0.3) is 10.0 Å². The molecule has 0 saturated carbocycles. The fraction of sp³-hybridized carbons (Fsp3) is 0.583. The summed E-state index contributed by atoms with van der Waals surface area (Å²) in [4.78, 5) is 11.3. The molecule has 0 aliphatic carbocycles. The van der Waals surface area contributed by atoms with Crippen LogP contribution in [0.4, 0.5) is 0 Å². The van der Waals surface area contributed by atoms with E-state index in [2.05, 4.69) is 14.8 Å². The van der Waals surface area contributed by atoms with Crippen molar-refractivity contribution in [3.8, 4) is 0 Å². The average molecular weight is 302 g/mol. The highest BCUT2D eigenvalue weighted by Gasteiger charge is 2.27. The fourth-order valence-electron chi connectivity index (χ4n) is 2.20. The van der Waals surface area contributed by atoms with Gasteiger partial charge in [-0.1, -0.05) is 0 Å². The standard InChI is InChI=1S/C12H18N2O5S/c1-8-5-10(3-4-13-8)14-20(16,17)11-6-9(7-19-11)12(15)18-2/h6-8,10,13-14H,3-5H2,1-2H3. The van der Waals surface area contributed by atoms with Gasteiger partial charge in [0.1, 0.15) is 6.26 Å². The normalized spacial score (nSPS) is 23.5. The zero-order valence-corrected chi connectivity index (χ0v) is 12.2. The van der Waals surface area contributed by atoms with Crippen LogP contribution in [0.2, 0.25) is 0 Å². The fourth-order valence-corrected chi connectivity index (χ4v) is 3.42. The molecule has 7 nitrogen and oxygen atoms in total. The molecular weight excluding hydrogens is 284 g/mol. The molecule has 2 unspecified atom stereocenters. The minimum atomic E-state index is -3.76. The number of furan rings is 1. The largest absolute Gasteiger partial charge is 0.465 e. The van der Waals surface area contributed by atoms with Gasteiger partial charge in [0.05, 0.1) is 12.7 Å². The zero-order chi connectivity index (χ0) is 14.8. The van der Waals surface area contributed by atoms with Crippen molar-refractivity contribution in [1.82, 2.24) is 10.0 Å². The van der Waals surface area contributed by atoms with Crippen molar-refractivity contribution in [1.29, 1.82) is 0 Å². The molecule has 1 saturated heterocycles. The molecule has 112 valence electrons. The van der Waals surface area contributed by atoms with Crippen LogP contribution in [0.5, 0.6) is 0 Å². The summed E-state index contributed by atoms with van der Waals surface area (Å²) in [5.41, 5.74) is 0.0755. The Morgan fingerprint density at radius 3 is 2.95 bits per heavy atom. The third-order valence-corrected chi connectivity index (χ3v) is 4.59. The molecule has 1 aromatic heterocycles. The van der Waals surface area contributed by atoms with E-state index in [0.29, 0.717) is 12.8 Å². The maximum Gasteiger partial charge on any atom is 0.341 e. The zero-order valence-electron chi connectivity index (χ0n) is 11.4. The Morgan fingerprint density at radius 2 is 2.30 bits per heavy atom. The van der Waals surface area contributed by atoms with E-state index in [-0.39, 0.29) is 22.7 Å². The molecule has 0 aromatic carbocycles. The van der Waals surface area contributed by atoms with E-state index in [1.807, 2.05) is 6.92 Å². The Hall–Kier alpha value is -1.38. The van der Waals surface area contributed by atoms with E-state index in [4.69, 9.17) is 4.42 Å². The SMILES string of the molecule is COC(=O)c1coc(S(=O)(=O)NC2CCNC(C)C2)c1. The van der Waals surface area contributed by atoms with E-state index in [9.17, 15) is 13.2 Å². The van der Waals surface area contributed by atoms with Crippen LogP contribution in [0, 0.1) is 0 Å². The molecule has 1 aliphatic heterocycles. The third-order valence-electron chi connectivity index (χ3n) is 3.21. The first-order chi connectivity index (χ1) is 9.42. The summed E-state index contributed by atoms with van der Waals surface area (Å²) in [5, 5.41) is 2.97. The molecule has 2 N–H and O–H groups in total. The van der Waals surface area contributed by atoms with Crippen LogP contribution in [0.1, 0.15) is 30.1 Å². The average Bonchev–Trinajstić information content (AvgIpc) is 2.87. The number of nitrogens with one attached hydrogen (secondary N) is 2. The maximum absolute atomic E-state index is 12.2. The van der Waals surface area contributed by atoms with Crippen LogP contribution in [-0.2, 0) is 14.8 Å². The van der Waals surface area contributed by atoms with Gasteiger partial charge in [-0.25, -0.2) is 17.9 Å². The number of piperidine rings is 1. The van der Waals surface area contributed by atoms with Gasteiger partial charge in [0, 0.05) is 18.2 Å². The van der Waals surface area contributed by atoms with Crippen LogP contribution >= 0.6 is 0 Å². The first kappa shape index (κ1) is 15.0. The van der Waals surface area contributed by atoms with E-state index in [1.54, 1.807) is 0 Å². The first-order valence-electron chi connectivity index (χ1n) is 6.35. The Balaban J connectivity index is 2.10. The number of carbonyl (C=O) groups is 1. The van der Waals surface area contributed by atoms with Crippen molar-refractivity contribution in [3.05, 3.63) is 17.9 Å². The van der Waals surface area contributed by atoms with Crippen molar-refractivity contribution in [2.24, 2.45) is 0 Å².